The van der Waals surface area contributed by atoms with Crippen molar-refractivity contribution in [2.75, 3.05) is 13.6 Å². The number of hydrogen-bond donors (Lipinski definition) is 3. The molecule has 134 valence electrons. The second kappa shape index (κ2) is 6.76. The maximum Gasteiger partial charge on any atom is 0.412 e. The molecule has 1 fully saturated rings. The Bertz CT molecular complexity index is 717. The lowest BCUT2D eigenvalue weighted by Gasteiger charge is -2.47. The summed E-state index contributed by atoms with van der Waals surface area (Å²) in [5.41, 5.74) is 1.86. The van der Waals surface area contributed by atoms with Crippen molar-refractivity contribution in [1.82, 2.24) is 10.2 Å². The quantitative estimate of drug-likeness (QED) is 0.714. The molecule has 2 aliphatic heterocycles. The largest absolute Gasteiger partial charge is 0.477 e. The first kappa shape index (κ1) is 17.3. The van der Waals surface area contributed by atoms with Gasteiger partial charge in [-0.05, 0) is 30.6 Å². The van der Waals surface area contributed by atoms with Crippen LogP contribution >= 0.6 is 0 Å². The van der Waals surface area contributed by atoms with Gasteiger partial charge >= 0.3 is 12.1 Å². The van der Waals surface area contributed by atoms with E-state index < -0.39 is 18.2 Å². The number of carbonyl (C=O) groups is 2. The Morgan fingerprint density at radius 3 is 2.80 bits per heavy atom. The number of allylic oxidation sites excluding steroid dienone is 5. The number of ether oxygens (including phenoxy) is 1. The van der Waals surface area contributed by atoms with Gasteiger partial charge < -0.3 is 25.2 Å². The monoisotopic (exact) mass is 346 g/mol. The van der Waals surface area contributed by atoms with Crippen molar-refractivity contribution in [2.45, 2.75) is 31.9 Å². The number of aliphatic carboxylic acids is 1. The molecule has 1 aliphatic carbocycles. The van der Waals surface area contributed by atoms with Crippen molar-refractivity contribution in [1.29, 1.82) is 0 Å². The Labute approximate surface area is 146 Å². The van der Waals surface area contributed by atoms with Crippen molar-refractivity contribution < 1.29 is 24.5 Å². The van der Waals surface area contributed by atoms with Crippen LogP contribution in [0.3, 0.4) is 0 Å². The minimum atomic E-state index is -0.953. The number of rotatable bonds is 4. The number of hydrogen-bond acceptors (Lipinski definition) is 5. The van der Waals surface area contributed by atoms with Gasteiger partial charge in [-0.2, -0.15) is 0 Å². The zero-order chi connectivity index (χ0) is 18.1. The van der Waals surface area contributed by atoms with Gasteiger partial charge in [0.25, 0.3) is 0 Å². The molecule has 0 aromatic rings. The molecular formula is C18H22N2O5. The van der Waals surface area contributed by atoms with Crippen molar-refractivity contribution in [3.63, 3.8) is 0 Å². The molecule has 3 N–H and O–H groups in total. The highest BCUT2D eigenvalue weighted by molar-refractivity contribution is 5.89. The Balaban J connectivity index is 1.86. The second-order valence-corrected chi connectivity index (χ2v) is 6.46. The molecular weight excluding hydrogens is 324 g/mol. The first-order chi connectivity index (χ1) is 11.9. The number of fused-ring (bicyclic) bond motifs is 1. The first-order valence-electron chi connectivity index (χ1n) is 8.30. The van der Waals surface area contributed by atoms with Gasteiger partial charge in [-0.15, -0.1) is 0 Å². The van der Waals surface area contributed by atoms with Crippen LogP contribution in [0.25, 0.3) is 0 Å². The number of carboxylic acid groups (broad SMARTS) is 1. The predicted octanol–water partition coefficient (Wildman–Crippen LogP) is 1.54. The van der Waals surface area contributed by atoms with E-state index in [9.17, 15) is 19.8 Å². The van der Waals surface area contributed by atoms with E-state index in [0.29, 0.717) is 30.8 Å². The third kappa shape index (κ3) is 3.19. The Hall–Kier alpha value is -2.54. The molecule has 1 saturated heterocycles. The minimum absolute atomic E-state index is 0.0317. The molecule has 0 aromatic heterocycles. The van der Waals surface area contributed by atoms with Gasteiger partial charge in [-0.1, -0.05) is 18.2 Å². The summed E-state index contributed by atoms with van der Waals surface area (Å²) in [6, 6.07) is 0.0317. The molecule has 0 aromatic carbocycles. The van der Waals surface area contributed by atoms with Gasteiger partial charge in [-0.3, -0.25) is 0 Å². The van der Waals surface area contributed by atoms with Crippen molar-refractivity contribution in [3.8, 4) is 0 Å². The highest BCUT2D eigenvalue weighted by Gasteiger charge is 2.49. The number of aliphatic hydroxyl groups excluding tert-OH is 1. The highest BCUT2D eigenvalue weighted by Crippen LogP contribution is 2.45. The standard InChI is InChI=1S/C18H22N2O5/c1-10(21)14-9-20-15(14)8-13(16(20)17(22)23)11-4-3-5-12(7-6-11)25-18(24)19-2/h3-4,6-7,10,14-15,21H,5,8-9H2,1-2H3,(H,19,24)(H,22,23). The zero-order valence-electron chi connectivity index (χ0n) is 14.2. The number of amides is 1. The van der Waals surface area contributed by atoms with E-state index in [2.05, 4.69) is 5.32 Å². The van der Waals surface area contributed by atoms with Crippen molar-refractivity contribution in [3.05, 3.63) is 46.9 Å². The summed E-state index contributed by atoms with van der Waals surface area (Å²) >= 11 is 0. The maximum atomic E-state index is 11.7. The summed E-state index contributed by atoms with van der Waals surface area (Å²) in [6.07, 6.45) is 7.23. The molecule has 25 heavy (non-hydrogen) atoms. The topological polar surface area (TPSA) is 99.1 Å². The molecule has 3 rings (SSSR count). The average molecular weight is 346 g/mol. The van der Waals surface area contributed by atoms with E-state index in [1.54, 1.807) is 19.1 Å². The molecule has 3 unspecified atom stereocenters. The molecule has 1 amide bonds. The first-order valence-corrected chi connectivity index (χ1v) is 8.30. The van der Waals surface area contributed by atoms with Gasteiger partial charge in [0.1, 0.15) is 11.5 Å². The van der Waals surface area contributed by atoms with Crippen LogP contribution in [-0.4, -0.2) is 52.9 Å². The smallest absolute Gasteiger partial charge is 0.412 e. The number of alkyl carbamates (subject to hydrolysis) is 1. The molecule has 0 spiro atoms. The van der Waals surface area contributed by atoms with Gasteiger partial charge in [0.15, 0.2) is 0 Å². The molecule has 7 heteroatoms. The van der Waals surface area contributed by atoms with E-state index in [0.717, 1.165) is 11.1 Å². The van der Waals surface area contributed by atoms with Crippen LogP contribution in [0.5, 0.6) is 0 Å². The highest BCUT2D eigenvalue weighted by atomic mass is 16.6. The lowest BCUT2D eigenvalue weighted by molar-refractivity contribution is -0.136. The van der Waals surface area contributed by atoms with Crippen LogP contribution in [0.15, 0.2) is 46.9 Å². The summed E-state index contributed by atoms with van der Waals surface area (Å²) in [4.78, 5) is 24.9. The zero-order valence-corrected chi connectivity index (χ0v) is 14.2. The number of carboxylic acids is 1. The summed E-state index contributed by atoms with van der Waals surface area (Å²) in [5.74, 6) is -0.373. The van der Waals surface area contributed by atoms with Crippen molar-refractivity contribution >= 4 is 12.1 Å². The lowest BCUT2D eigenvalue weighted by atomic mass is 9.83. The molecule has 0 radical (unpaired) electrons. The van der Waals surface area contributed by atoms with Crippen LogP contribution in [0.4, 0.5) is 4.79 Å². The molecule has 3 atom stereocenters. The van der Waals surface area contributed by atoms with Gasteiger partial charge in [0.05, 0.1) is 6.10 Å². The number of nitrogens with one attached hydrogen (secondary N) is 1. The van der Waals surface area contributed by atoms with E-state index in [1.165, 1.54) is 7.05 Å². The van der Waals surface area contributed by atoms with Crippen LogP contribution in [0.1, 0.15) is 19.8 Å². The molecule has 2 heterocycles. The average Bonchev–Trinajstić information content (AvgIpc) is 2.70. The lowest BCUT2D eigenvalue weighted by Crippen LogP contribution is -2.57. The second-order valence-electron chi connectivity index (χ2n) is 6.46. The SMILES string of the molecule is CNC(=O)OC1=CC=C(C2=C(C(=O)O)N3CC(C(C)O)C3C2)C=CC1. The number of carbonyl (C=O) groups excluding carboxylic acids is 1. The fourth-order valence-electron chi connectivity index (χ4n) is 3.61. The van der Waals surface area contributed by atoms with Crippen molar-refractivity contribution in [2.24, 2.45) is 5.92 Å². The summed E-state index contributed by atoms with van der Waals surface area (Å²) < 4.78 is 5.15. The van der Waals surface area contributed by atoms with Gasteiger partial charge in [0, 0.05) is 32.0 Å². The Kier molecular flexibility index (Phi) is 4.67. The predicted molar refractivity (Wildman–Crippen MR) is 90.4 cm³/mol. The Morgan fingerprint density at radius 2 is 2.16 bits per heavy atom. The fourth-order valence-corrected chi connectivity index (χ4v) is 3.61. The van der Waals surface area contributed by atoms with Crippen LogP contribution < -0.4 is 5.32 Å². The van der Waals surface area contributed by atoms with E-state index in [1.807, 2.05) is 17.1 Å². The third-order valence-corrected chi connectivity index (χ3v) is 4.95. The summed E-state index contributed by atoms with van der Waals surface area (Å²) in [6.45, 7) is 2.31. The molecule has 3 aliphatic rings. The van der Waals surface area contributed by atoms with Gasteiger partial charge in [-0.25, -0.2) is 9.59 Å². The normalized spacial score (nSPS) is 26.1. The van der Waals surface area contributed by atoms with Gasteiger partial charge in [0.2, 0.25) is 0 Å². The minimum Gasteiger partial charge on any atom is -0.477 e. The number of nitrogens with zero attached hydrogens (tertiary/aromatic N) is 1. The van der Waals surface area contributed by atoms with E-state index in [4.69, 9.17) is 4.74 Å². The van der Waals surface area contributed by atoms with E-state index >= 15 is 0 Å². The third-order valence-electron chi connectivity index (χ3n) is 4.95. The molecule has 0 bridgehead atoms. The summed E-state index contributed by atoms with van der Waals surface area (Å²) in [7, 11) is 1.49. The van der Waals surface area contributed by atoms with Crippen LogP contribution in [0, 0.1) is 5.92 Å². The number of aliphatic hydroxyl groups is 1. The van der Waals surface area contributed by atoms with Crippen LogP contribution in [-0.2, 0) is 9.53 Å². The molecule has 0 saturated carbocycles. The van der Waals surface area contributed by atoms with Crippen LogP contribution in [0.2, 0.25) is 0 Å². The van der Waals surface area contributed by atoms with E-state index in [-0.39, 0.29) is 12.0 Å². The summed E-state index contributed by atoms with van der Waals surface area (Å²) in [5, 5.41) is 21.9. The fraction of sp³-hybridized carbons (Fsp3) is 0.444. The maximum absolute atomic E-state index is 11.7. The molecule has 7 nitrogen and oxygen atoms in total. The Morgan fingerprint density at radius 1 is 1.40 bits per heavy atom.